The molecule has 0 fully saturated rings. The number of aryl methyl sites for hydroxylation is 2. The quantitative estimate of drug-likeness (QED) is 0.725. The van der Waals surface area contributed by atoms with Gasteiger partial charge in [-0.3, -0.25) is 4.79 Å². The molecule has 2 heterocycles. The largest absolute Gasteiger partial charge is 0.358 e. The number of aromatic amines is 1. The molecule has 120 valence electrons. The molecule has 2 aromatic heterocycles. The standard InChI is InChI=1S/C17H17Cl2N3O/c1-9-10(2)21-14-5-4-11(6-12(9)14)8-20-17(23)15-7-13(18)16(19)22(15)3/h4-7,21H,8H2,1-3H3,(H,20,23). The number of carbonyl (C=O) groups is 1. The molecule has 0 spiro atoms. The Morgan fingerprint density at radius 3 is 2.65 bits per heavy atom. The molecule has 3 aromatic rings. The van der Waals surface area contributed by atoms with E-state index in [2.05, 4.69) is 30.2 Å². The lowest BCUT2D eigenvalue weighted by molar-refractivity contribution is 0.0943. The number of fused-ring (bicyclic) bond motifs is 1. The summed E-state index contributed by atoms with van der Waals surface area (Å²) in [6, 6.07) is 7.71. The van der Waals surface area contributed by atoms with Gasteiger partial charge in [-0.25, -0.2) is 0 Å². The van der Waals surface area contributed by atoms with Crippen LogP contribution in [0.25, 0.3) is 10.9 Å². The van der Waals surface area contributed by atoms with Gasteiger partial charge in [0.25, 0.3) is 5.91 Å². The summed E-state index contributed by atoms with van der Waals surface area (Å²) < 4.78 is 1.57. The zero-order valence-corrected chi connectivity index (χ0v) is 14.6. The van der Waals surface area contributed by atoms with Crippen molar-refractivity contribution in [3.05, 3.63) is 57.0 Å². The summed E-state index contributed by atoms with van der Waals surface area (Å²) in [7, 11) is 1.71. The van der Waals surface area contributed by atoms with Gasteiger partial charge in [-0.1, -0.05) is 29.3 Å². The van der Waals surface area contributed by atoms with Gasteiger partial charge < -0.3 is 14.9 Å². The second kappa shape index (κ2) is 5.95. The molecule has 0 aliphatic rings. The maximum atomic E-state index is 12.3. The molecule has 0 unspecified atom stereocenters. The number of amides is 1. The predicted molar refractivity (Wildman–Crippen MR) is 94.4 cm³/mol. The van der Waals surface area contributed by atoms with Crippen LogP contribution < -0.4 is 5.32 Å². The van der Waals surface area contributed by atoms with Crippen molar-refractivity contribution in [2.75, 3.05) is 0 Å². The van der Waals surface area contributed by atoms with Gasteiger partial charge in [0.1, 0.15) is 10.8 Å². The van der Waals surface area contributed by atoms with E-state index in [0.29, 0.717) is 22.4 Å². The van der Waals surface area contributed by atoms with Crippen LogP contribution in [0.4, 0.5) is 0 Å². The monoisotopic (exact) mass is 349 g/mol. The Kier molecular flexibility index (Phi) is 4.13. The van der Waals surface area contributed by atoms with Crippen molar-refractivity contribution in [1.82, 2.24) is 14.9 Å². The lowest BCUT2D eigenvalue weighted by atomic mass is 10.1. The van der Waals surface area contributed by atoms with Gasteiger partial charge in [-0.15, -0.1) is 0 Å². The maximum absolute atomic E-state index is 12.3. The SMILES string of the molecule is Cc1[nH]c2ccc(CNC(=O)c3cc(Cl)c(Cl)n3C)cc2c1C. The number of H-pyrrole nitrogens is 1. The van der Waals surface area contributed by atoms with Crippen LogP contribution in [0.1, 0.15) is 27.3 Å². The highest BCUT2D eigenvalue weighted by molar-refractivity contribution is 6.41. The van der Waals surface area contributed by atoms with E-state index in [1.807, 2.05) is 12.1 Å². The van der Waals surface area contributed by atoms with E-state index >= 15 is 0 Å². The average Bonchev–Trinajstić information content (AvgIpc) is 2.96. The minimum atomic E-state index is -0.205. The molecule has 0 aliphatic heterocycles. The minimum absolute atomic E-state index is 0.205. The summed E-state index contributed by atoms with van der Waals surface area (Å²) in [6.07, 6.45) is 0. The van der Waals surface area contributed by atoms with Crippen LogP contribution >= 0.6 is 23.2 Å². The Labute approximate surface area is 144 Å². The van der Waals surface area contributed by atoms with E-state index in [1.54, 1.807) is 17.7 Å². The molecule has 0 saturated heterocycles. The van der Waals surface area contributed by atoms with E-state index in [9.17, 15) is 4.79 Å². The predicted octanol–water partition coefficient (Wildman–Crippen LogP) is 4.36. The number of rotatable bonds is 3. The minimum Gasteiger partial charge on any atom is -0.358 e. The fraction of sp³-hybridized carbons (Fsp3) is 0.235. The highest BCUT2D eigenvalue weighted by atomic mass is 35.5. The van der Waals surface area contributed by atoms with E-state index in [-0.39, 0.29) is 5.91 Å². The van der Waals surface area contributed by atoms with Crippen molar-refractivity contribution in [3.8, 4) is 0 Å². The van der Waals surface area contributed by atoms with Gasteiger partial charge in [0.15, 0.2) is 0 Å². The number of benzene rings is 1. The smallest absolute Gasteiger partial charge is 0.268 e. The molecular weight excluding hydrogens is 333 g/mol. The molecule has 4 nitrogen and oxygen atoms in total. The molecule has 2 N–H and O–H groups in total. The van der Waals surface area contributed by atoms with Gasteiger partial charge >= 0.3 is 0 Å². The number of aromatic nitrogens is 2. The van der Waals surface area contributed by atoms with Crippen LogP contribution in [0, 0.1) is 13.8 Å². The first-order valence-corrected chi connectivity index (χ1v) is 8.00. The van der Waals surface area contributed by atoms with Crippen molar-refractivity contribution in [1.29, 1.82) is 0 Å². The number of nitrogens with zero attached hydrogens (tertiary/aromatic N) is 1. The second-order valence-corrected chi connectivity index (χ2v) is 6.43. The highest BCUT2D eigenvalue weighted by Crippen LogP contribution is 2.25. The third kappa shape index (κ3) is 2.84. The second-order valence-electron chi connectivity index (χ2n) is 5.66. The third-order valence-electron chi connectivity index (χ3n) is 4.17. The Morgan fingerprint density at radius 1 is 1.26 bits per heavy atom. The molecule has 0 atom stereocenters. The van der Waals surface area contributed by atoms with Gasteiger partial charge in [0.05, 0.1) is 5.02 Å². The van der Waals surface area contributed by atoms with Gasteiger partial charge in [-0.05, 0) is 43.2 Å². The molecule has 0 radical (unpaired) electrons. The van der Waals surface area contributed by atoms with Crippen LogP contribution in [0.2, 0.25) is 10.2 Å². The number of nitrogens with one attached hydrogen (secondary N) is 2. The summed E-state index contributed by atoms with van der Waals surface area (Å²) in [6.45, 7) is 4.59. The fourth-order valence-corrected chi connectivity index (χ4v) is 3.03. The zero-order valence-electron chi connectivity index (χ0n) is 13.1. The molecule has 0 bridgehead atoms. The Morgan fingerprint density at radius 2 is 2.00 bits per heavy atom. The summed E-state index contributed by atoms with van der Waals surface area (Å²) in [5, 5.41) is 4.81. The van der Waals surface area contributed by atoms with Crippen molar-refractivity contribution < 1.29 is 4.79 Å². The Hall–Kier alpha value is -1.91. The molecule has 1 aromatic carbocycles. The molecule has 6 heteroatoms. The van der Waals surface area contributed by atoms with E-state index in [4.69, 9.17) is 23.2 Å². The van der Waals surface area contributed by atoms with Crippen LogP contribution in [0.15, 0.2) is 24.3 Å². The number of halogens is 2. The average molecular weight is 350 g/mol. The first-order chi connectivity index (χ1) is 10.9. The van der Waals surface area contributed by atoms with Crippen LogP contribution in [-0.2, 0) is 13.6 Å². The molecule has 3 rings (SSSR count). The van der Waals surface area contributed by atoms with Crippen LogP contribution in [0.5, 0.6) is 0 Å². The van der Waals surface area contributed by atoms with E-state index < -0.39 is 0 Å². The van der Waals surface area contributed by atoms with Gasteiger partial charge in [0.2, 0.25) is 0 Å². The summed E-state index contributed by atoms with van der Waals surface area (Å²) >= 11 is 11.9. The fourth-order valence-electron chi connectivity index (χ4n) is 2.65. The van der Waals surface area contributed by atoms with Crippen molar-refractivity contribution in [2.45, 2.75) is 20.4 Å². The lowest BCUT2D eigenvalue weighted by Gasteiger charge is -2.07. The summed E-state index contributed by atoms with van der Waals surface area (Å²) in [5.41, 5.74) is 4.98. The maximum Gasteiger partial charge on any atom is 0.268 e. The van der Waals surface area contributed by atoms with Crippen LogP contribution in [-0.4, -0.2) is 15.5 Å². The summed E-state index contributed by atoms with van der Waals surface area (Å²) in [5.74, 6) is -0.205. The normalized spacial score (nSPS) is 11.2. The van der Waals surface area contributed by atoms with E-state index in [1.165, 1.54) is 10.9 Å². The molecule has 23 heavy (non-hydrogen) atoms. The van der Waals surface area contributed by atoms with Crippen molar-refractivity contribution in [2.24, 2.45) is 7.05 Å². The molecular formula is C17H17Cl2N3O. The van der Waals surface area contributed by atoms with Gasteiger partial charge in [-0.2, -0.15) is 0 Å². The van der Waals surface area contributed by atoms with Crippen molar-refractivity contribution in [3.63, 3.8) is 0 Å². The number of carbonyl (C=O) groups excluding carboxylic acids is 1. The molecule has 0 saturated carbocycles. The van der Waals surface area contributed by atoms with Crippen LogP contribution in [0.3, 0.4) is 0 Å². The number of hydrogen-bond donors (Lipinski definition) is 2. The van der Waals surface area contributed by atoms with Gasteiger partial charge in [0, 0.05) is 30.2 Å². The topological polar surface area (TPSA) is 49.8 Å². The molecule has 0 aliphatic carbocycles. The summed E-state index contributed by atoms with van der Waals surface area (Å²) in [4.78, 5) is 15.6. The third-order valence-corrected chi connectivity index (χ3v) is 5.02. The first-order valence-electron chi connectivity index (χ1n) is 7.25. The lowest BCUT2D eigenvalue weighted by Crippen LogP contribution is -2.24. The van der Waals surface area contributed by atoms with E-state index in [0.717, 1.165) is 16.8 Å². The Bertz CT molecular complexity index is 908. The Balaban J connectivity index is 1.78. The zero-order chi connectivity index (χ0) is 16.7. The van der Waals surface area contributed by atoms with Crippen molar-refractivity contribution >= 4 is 40.0 Å². The first kappa shape index (κ1) is 16.0. The highest BCUT2D eigenvalue weighted by Gasteiger charge is 2.15. The molecule has 1 amide bonds. The number of hydrogen-bond acceptors (Lipinski definition) is 1.